The molecule has 0 aliphatic carbocycles. The van der Waals surface area contributed by atoms with Gasteiger partial charge in [0.05, 0.1) is 24.5 Å². The van der Waals surface area contributed by atoms with E-state index >= 15 is 0 Å². The molecule has 9 nitrogen and oxygen atoms in total. The second-order valence-electron chi connectivity index (χ2n) is 9.29. The molecule has 2 aliphatic heterocycles. The molecule has 2 aliphatic rings. The smallest absolute Gasteiger partial charge is 0.378 e. The summed E-state index contributed by atoms with van der Waals surface area (Å²) in [5.74, 6) is 1.32. The number of rotatable bonds is 7. The van der Waals surface area contributed by atoms with Crippen molar-refractivity contribution < 1.29 is 17.9 Å². The number of morpholine rings is 1. The molecular weight excluding hydrogens is 497 g/mol. The molecule has 202 valence electrons. The molecule has 5 rings (SSSR count). The van der Waals surface area contributed by atoms with Crippen LogP contribution in [0.25, 0.3) is 11.3 Å². The van der Waals surface area contributed by atoms with Crippen molar-refractivity contribution in [3.63, 3.8) is 0 Å². The lowest BCUT2D eigenvalue weighted by molar-refractivity contribution is -0.137. The fraction of sp³-hybridized carbons (Fsp3) is 0.462. The largest absolute Gasteiger partial charge is 0.419 e. The normalized spacial score (nSPS) is 16.7. The minimum absolute atomic E-state index is 0.0298. The van der Waals surface area contributed by atoms with Gasteiger partial charge in [-0.1, -0.05) is 0 Å². The molecule has 0 saturated carbocycles. The summed E-state index contributed by atoms with van der Waals surface area (Å²) in [5, 5.41) is 0. The highest BCUT2D eigenvalue weighted by atomic mass is 19.4. The molecule has 3 aromatic heterocycles. The summed E-state index contributed by atoms with van der Waals surface area (Å²) in [5.41, 5.74) is 7.51. The maximum absolute atomic E-state index is 13.5. The van der Waals surface area contributed by atoms with Crippen molar-refractivity contribution in [1.82, 2.24) is 19.9 Å². The first-order valence-corrected chi connectivity index (χ1v) is 12.8. The Kier molecular flexibility index (Phi) is 7.89. The van der Waals surface area contributed by atoms with E-state index in [-0.39, 0.29) is 5.82 Å². The van der Waals surface area contributed by atoms with Crippen molar-refractivity contribution in [2.24, 2.45) is 5.73 Å². The maximum atomic E-state index is 13.5. The van der Waals surface area contributed by atoms with Gasteiger partial charge in [-0.25, -0.2) is 9.97 Å². The average Bonchev–Trinajstić information content (AvgIpc) is 2.96. The van der Waals surface area contributed by atoms with Gasteiger partial charge in [0.1, 0.15) is 11.6 Å². The summed E-state index contributed by atoms with van der Waals surface area (Å²) < 4.78 is 46.1. The van der Waals surface area contributed by atoms with E-state index in [4.69, 9.17) is 20.4 Å². The quantitative estimate of drug-likeness (QED) is 0.496. The monoisotopic (exact) mass is 528 g/mol. The van der Waals surface area contributed by atoms with Crippen molar-refractivity contribution in [1.29, 1.82) is 0 Å². The van der Waals surface area contributed by atoms with Crippen molar-refractivity contribution in [2.75, 3.05) is 73.7 Å². The lowest BCUT2D eigenvalue weighted by atomic mass is 10.1. The van der Waals surface area contributed by atoms with Gasteiger partial charge in [0.25, 0.3) is 0 Å². The number of aromatic nitrogens is 4. The van der Waals surface area contributed by atoms with Crippen LogP contribution in [0, 0.1) is 0 Å². The Balaban J connectivity index is 1.39. The number of pyridine rings is 2. The highest BCUT2D eigenvalue weighted by molar-refractivity contribution is 5.65. The van der Waals surface area contributed by atoms with E-state index < -0.39 is 11.7 Å². The minimum atomic E-state index is -4.46. The predicted molar refractivity (Wildman–Crippen MR) is 139 cm³/mol. The highest BCUT2D eigenvalue weighted by Crippen LogP contribution is 2.35. The van der Waals surface area contributed by atoms with Gasteiger partial charge in [-0.05, 0) is 43.7 Å². The van der Waals surface area contributed by atoms with Crippen molar-refractivity contribution in [3.05, 3.63) is 54.0 Å². The molecule has 5 heterocycles. The van der Waals surface area contributed by atoms with Gasteiger partial charge in [0.15, 0.2) is 0 Å². The number of anilines is 3. The van der Waals surface area contributed by atoms with Crippen molar-refractivity contribution in [2.45, 2.75) is 19.0 Å². The molecule has 3 aromatic rings. The number of hydrogen-bond donors (Lipinski definition) is 1. The fourth-order valence-corrected chi connectivity index (χ4v) is 4.66. The number of alkyl halides is 3. The number of nitrogens with zero attached hydrogens (tertiary/aromatic N) is 7. The van der Waals surface area contributed by atoms with E-state index in [1.165, 1.54) is 12.3 Å². The number of halogens is 3. The predicted octanol–water partition coefficient (Wildman–Crippen LogP) is 3.01. The summed E-state index contributed by atoms with van der Waals surface area (Å²) in [6, 6.07) is 8.32. The molecule has 0 aromatic carbocycles. The van der Waals surface area contributed by atoms with Gasteiger partial charge in [-0.2, -0.15) is 18.2 Å². The van der Waals surface area contributed by atoms with E-state index in [1.54, 1.807) is 4.90 Å². The van der Waals surface area contributed by atoms with E-state index in [1.807, 2.05) is 24.4 Å². The van der Waals surface area contributed by atoms with Crippen LogP contribution in [0.2, 0.25) is 0 Å². The Morgan fingerprint density at radius 3 is 2.34 bits per heavy atom. The first-order valence-electron chi connectivity index (χ1n) is 12.8. The third-order valence-corrected chi connectivity index (χ3v) is 6.75. The molecule has 0 spiro atoms. The van der Waals surface area contributed by atoms with Gasteiger partial charge in [-0.3, -0.25) is 4.98 Å². The molecule has 0 bridgehead atoms. The number of nitrogens with two attached hydrogens (primary N) is 1. The standard InChI is InChI=1S/C26H31F3N8O/c27-26(28,29)21-4-2-8-31-24(21)36-11-9-35(10-12-36)23-17-22(19-5-6-20(32-18-19)3-1-7-30)33-25(34-23)37-13-15-38-16-14-37/h2,4-6,8,17-18H,1,3,7,9-16,30H2. The van der Waals surface area contributed by atoms with Gasteiger partial charge in [0.2, 0.25) is 5.95 Å². The van der Waals surface area contributed by atoms with Gasteiger partial charge in [0, 0.05) is 69.0 Å². The molecule has 2 fully saturated rings. The molecule has 12 heteroatoms. The zero-order valence-electron chi connectivity index (χ0n) is 21.1. The van der Waals surface area contributed by atoms with Crippen LogP contribution in [0.4, 0.5) is 30.8 Å². The van der Waals surface area contributed by atoms with E-state index in [9.17, 15) is 13.2 Å². The van der Waals surface area contributed by atoms with Gasteiger partial charge < -0.3 is 25.2 Å². The second-order valence-corrected chi connectivity index (χ2v) is 9.29. The summed E-state index contributed by atoms with van der Waals surface area (Å²) in [4.78, 5) is 24.2. The van der Waals surface area contributed by atoms with Crippen LogP contribution < -0.4 is 20.4 Å². The molecule has 2 saturated heterocycles. The van der Waals surface area contributed by atoms with Crippen molar-refractivity contribution in [3.8, 4) is 11.3 Å². The molecule has 0 unspecified atom stereocenters. The first-order chi connectivity index (χ1) is 18.4. The number of aryl methyl sites for hydroxylation is 1. The lowest BCUT2D eigenvalue weighted by Crippen LogP contribution is -2.48. The Hall–Kier alpha value is -3.51. The minimum Gasteiger partial charge on any atom is -0.378 e. The zero-order chi connectivity index (χ0) is 26.5. The van der Waals surface area contributed by atoms with Crippen LogP contribution in [0.15, 0.2) is 42.7 Å². The van der Waals surface area contributed by atoms with E-state index in [0.717, 1.165) is 41.7 Å². The zero-order valence-corrected chi connectivity index (χ0v) is 21.1. The molecular formula is C26H31F3N8O. The van der Waals surface area contributed by atoms with Crippen LogP contribution >= 0.6 is 0 Å². The van der Waals surface area contributed by atoms with Crippen LogP contribution in [0.5, 0.6) is 0 Å². The van der Waals surface area contributed by atoms with E-state index in [0.29, 0.717) is 65.0 Å². The van der Waals surface area contributed by atoms with Gasteiger partial charge >= 0.3 is 6.18 Å². The lowest BCUT2D eigenvalue weighted by Gasteiger charge is -2.37. The van der Waals surface area contributed by atoms with Gasteiger partial charge in [-0.15, -0.1) is 0 Å². The maximum Gasteiger partial charge on any atom is 0.419 e. The molecule has 38 heavy (non-hydrogen) atoms. The third-order valence-electron chi connectivity index (χ3n) is 6.75. The number of ether oxygens (including phenoxy) is 1. The Bertz CT molecular complexity index is 1210. The topological polar surface area (TPSA) is 96.5 Å². The van der Waals surface area contributed by atoms with Crippen LogP contribution in [0.1, 0.15) is 17.7 Å². The van der Waals surface area contributed by atoms with Crippen LogP contribution in [0.3, 0.4) is 0 Å². The first kappa shape index (κ1) is 26.1. The Morgan fingerprint density at radius 2 is 1.66 bits per heavy atom. The molecule has 0 amide bonds. The third kappa shape index (κ3) is 5.97. The Morgan fingerprint density at radius 1 is 0.895 bits per heavy atom. The number of piperazine rings is 1. The second kappa shape index (κ2) is 11.5. The summed E-state index contributed by atoms with van der Waals surface area (Å²) >= 11 is 0. The molecule has 2 N–H and O–H groups in total. The van der Waals surface area contributed by atoms with Crippen LogP contribution in [-0.4, -0.2) is 79.0 Å². The molecule has 0 radical (unpaired) electrons. The van der Waals surface area contributed by atoms with Crippen LogP contribution in [-0.2, 0) is 17.3 Å². The fourth-order valence-electron chi connectivity index (χ4n) is 4.66. The summed E-state index contributed by atoms with van der Waals surface area (Å²) in [6.45, 7) is 4.99. The summed E-state index contributed by atoms with van der Waals surface area (Å²) in [6.07, 6.45) is 0.459. The summed E-state index contributed by atoms with van der Waals surface area (Å²) in [7, 11) is 0. The Labute approximate surface area is 219 Å². The van der Waals surface area contributed by atoms with E-state index in [2.05, 4.69) is 19.8 Å². The number of hydrogen-bond acceptors (Lipinski definition) is 9. The molecule has 0 atom stereocenters. The SMILES string of the molecule is NCCCc1ccc(-c2cc(N3CCN(c4ncccc4C(F)(F)F)CC3)nc(N3CCOCC3)n2)cn1. The van der Waals surface area contributed by atoms with Crippen molar-refractivity contribution >= 4 is 17.6 Å². The average molecular weight is 529 g/mol. The highest BCUT2D eigenvalue weighted by Gasteiger charge is 2.36.